The average molecular weight is 281 g/mol. The molecule has 0 spiro atoms. The van der Waals surface area contributed by atoms with Crippen LogP contribution in [0.15, 0.2) is 22.8 Å². The zero-order valence-electron chi connectivity index (χ0n) is 8.93. The Morgan fingerprint density at radius 3 is 2.88 bits per heavy atom. The van der Waals surface area contributed by atoms with E-state index in [1.54, 1.807) is 0 Å². The summed E-state index contributed by atoms with van der Waals surface area (Å²) in [5, 5.41) is 4.47. The highest BCUT2D eigenvalue weighted by molar-refractivity contribution is 9.10. The van der Waals surface area contributed by atoms with E-state index in [2.05, 4.69) is 30.9 Å². The van der Waals surface area contributed by atoms with E-state index in [0.717, 1.165) is 22.5 Å². The lowest BCUT2D eigenvalue weighted by Gasteiger charge is -2.10. The Labute approximate surface area is 102 Å². The second-order valence-electron chi connectivity index (χ2n) is 4.14. The molecule has 1 saturated heterocycles. The maximum absolute atomic E-state index is 4.54. The van der Waals surface area contributed by atoms with E-state index in [9.17, 15) is 0 Å². The van der Waals surface area contributed by atoms with Crippen LogP contribution in [-0.4, -0.2) is 32.6 Å². The van der Waals surface area contributed by atoms with Gasteiger partial charge in [0.25, 0.3) is 0 Å². The molecule has 2 aromatic heterocycles. The summed E-state index contributed by atoms with van der Waals surface area (Å²) in [6.07, 6.45) is 4.54. The molecule has 2 aromatic rings. The van der Waals surface area contributed by atoms with Gasteiger partial charge < -0.3 is 0 Å². The monoisotopic (exact) mass is 280 g/mol. The van der Waals surface area contributed by atoms with Crippen molar-refractivity contribution in [2.75, 3.05) is 13.1 Å². The lowest BCUT2D eigenvalue weighted by atomic mass is 10.4. The van der Waals surface area contributed by atoms with Crippen molar-refractivity contribution in [2.24, 2.45) is 0 Å². The van der Waals surface area contributed by atoms with Gasteiger partial charge in [0, 0.05) is 6.20 Å². The summed E-state index contributed by atoms with van der Waals surface area (Å²) in [5.41, 5.74) is 0.900. The van der Waals surface area contributed by atoms with Crippen LogP contribution < -0.4 is 0 Å². The van der Waals surface area contributed by atoms with Crippen LogP contribution in [0, 0.1) is 0 Å². The topological polar surface area (TPSA) is 33.4 Å². The molecule has 0 atom stereocenters. The quantitative estimate of drug-likeness (QED) is 0.845. The fraction of sp³-hybridized carbons (Fsp3) is 0.455. The molecule has 0 aromatic carbocycles. The molecule has 3 rings (SSSR count). The van der Waals surface area contributed by atoms with E-state index in [1.165, 1.54) is 25.9 Å². The highest BCUT2D eigenvalue weighted by Crippen LogP contribution is 2.16. The molecular formula is C11H13BrN4. The molecule has 0 aliphatic carbocycles. The van der Waals surface area contributed by atoms with E-state index in [4.69, 9.17) is 0 Å². The number of fused-ring (bicyclic) bond motifs is 1. The lowest BCUT2D eigenvalue weighted by Crippen LogP contribution is -2.19. The van der Waals surface area contributed by atoms with Crippen LogP contribution in [0.3, 0.4) is 0 Å². The van der Waals surface area contributed by atoms with Gasteiger partial charge in [-0.25, -0.2) is 9.50 Å². The van der Waals surface area contributed by atoms with Crippen molar-refractivity contribution in [3.05, 3.63) is 28.6 Å². The first-order chi connectivity index (χ1) is 7.83. The first-order valence-corrected chi connectivity index (χ1v) is 6.34. The fourth-order valence-corrected chi connectivity index (χ4v) is 2.55. The van der Waals surface area contributed by atoms with Crippen molar-refractivity contribution in [3.63, 3.8) is 0 Å². The minimum atomic E-state index is 0.869. The van der Waals surface area contributed by atoms with Crippen molar-refractivity contribution < 1.29 is 0 Å². The molecule has 1 aliphatic heterocycles. The molecule has 0 saturated carbocycles. The third-order valence-electron chi connectivity index (χ3n) is 2.92. The molecule has 0 unspecified atom stereocenters. The summed E-state index contributed by atoms with van der Waals surface area (Å²) in [6, 6.07) is 3.95. The number of likely N-dealkylation sites (tertiary alicyclic amines) is 1. The third kappa shape index (κ3) is 1.85. The largest absolute Gasteiger partial charge is 0.296 e. The second-order valence-corrected chi connectivity index (χ2v) is 4.99. The number of rotatable bonds is 2. The number of nitrogens with zero attached hydrogens (tertiary/aromatic N) is 4. The van der Waals surface area contributed by atoms with Crippen LogP contribution in [0.1, 0.15) is 18.7 Å². The van der Waals surface area contributed by atoms with Crippen LogP contribution in [-0.2, 0) is 6.54 Å². The predicted molar refractivity (Wildman–Crippen MR) is 65.2 cm³/mol. The molecule has 84 valence electrons. The van der Waals surface area contributed by atoms with Gasteiger partial charge in [-0.1, -0.05) is 0 Å². The minimum Gasteiger partial charge on any atom is -0.296 e. The van der Waals surface area contributed by atoms with E-state index in [-0.39, 0.29) is 0 Å². The van der Waals surface area contributed by atoms with Crippen LogP contribution in [0.5, 0.6) is 0 Å². The normalized spacial score (nSPS) is 17.3. The van der Waals surface area contributed by atoms with Crippen molar-refractivity contribution in [3.8, 4) is 0 Å². The second kappa shape index (κ2) is 4.14. The number of halogens is 1. The molecule has 1 aliphatic rings. The molecule has 3 heterocycles. The number of pyridine rings is 1. The Balaban J connectivity index is 1.90. The van der Waals surface area contributed by atoms with Gasteiger partial charge >= 0.3 is 0 Å². The minimum absolute atomic E-state index is 0.869. The molecule has 1 fully saturated rings. The summed E-state index contributed by atoms with van der Waals surface area (Å²) in [4.78, 5) is 6.94. The zero-order valence-corrected chi connectivity index (χ0v) is 10.5. The molecule has 16 heavy (non-hydrogen) atoms. The van der Waals surface area contributed by atoms with E-state index < -0.39 is 0 Å². The average Bonchev–Trinajstić information content (AvgIpc) is 2.88. The predicted octanol–water partition coefficient (Wildman–Crippen LogP) is 2.09. The van der Waals surface area contributed by atoms with Gasteiger partial charge in [-0.2, -0.15) is 0 Å². The SMILES string of the molecule is Brc1cccn2nc(CN3CCCC3)nc12. The first-order valence-electron chi connectivity index (χ1n) is 5.55. The molecule has 0 bridgehead atoms. The van der Waals surface area contributed by atoms with Gasteiger partial charge in [0.1, 0.15) is 0 Å². The van der Waals surface area contributed by atoms with Crippen LogP contribution in [0.2, 0.25) is 0 Å². The summed E-state index contributed by atoms with van der Waals surface area (Å²) >= 11 is 3.49. The van der Waals surface area contributed by atoms with Gasteiger partial charge in [0.2, 0.25) is 0 Å². The van der Waals surface area contributed by atoms with Crippen molar-refractivity contribution in [1.29, 1.82) is 0 Å². The molecule has 4 nitrogen and oxygen atoms in total. The molecule has 0 radical (unpaired) electrons. The van der Waals surface area contributed by atoms with E-state index >= 15 is 0 Å². The first kappa shape index (κ1) is 10.2. The van der Waals surface area contributed by atoms with Gasteiger partial charge in [0.05, 0.1) is 11.0 Å². The Bertz CT molecular complexity index is 502. The third-order valence-corrected chi connectivity index (χ3v) is 3.54. The van der Waals surface area contributed by atoms with Crippen molar-refractivity contribution in [2.45, 2.75) is 19.4 Å². The van der Waals surface area contributed by atoms with Crippen molar-refractivity contribution >= 4 is 21.6 Å². The maximum Gasteiger partial charge on any atom is 0.169 e. The highest BCUT2D eigenvalue weighted by Gasteiger charge is 2.14. The van der Waals surface area contributed by atoms with E-state index in [0.29, 0.717) is 0 Å². The Morgan fingerprint density at radius 1 is 1.31 bits per heavy atom. The summed E-state index contributed by atoms with van der Waals surface area (Å²) in [5.74, 6) is 0.911. The maximum atomic E-state index is 4.54. The molecule has 5 heteroatoms. The Morgan fingerprint density at radius 2 is 2.12 bits per heavy atom. The summed E-state index contributed by atoms with van der Waals surface area (Å²) in [6.45, 7) is 3.22. The van der Waals surface area contributed by atoms with Crippen molar-refractivity contribution in [1.82, 2.24) is 19.5 Å². The molecular weight excluding hydrogens is 268 g/mol. The number of aromatic nitrogens is 3. The highest BCUT2D eigenvalue weighted by atomic mass is 79.9. The number of hydrogen-bond donors (Lipinski definition) is 0. The van der Waals surface area contributed by atoms with Gasteiger partial charge in [-0.3, -0.25) is 4.90 Å². The molecule has 0 N–H and O–H groups in total. The van der Waals surface area contributed by atoms with Crippen LogP contribution >= 0.6 is 15.9 Å². The Hall–Kier alpha value is -0.940. The van der Waals surface area contributed by atoms with Gasteiger partial charge in [0.15, 0.2) is 11.5 Å². The Kier molecular flexibility index (Phi) is 2.65. The van der Waals surface area contributed by atoms with Gasteiger partial charge in [-0.05, 0) is 54.0 Å². The molecule has 0 amide bonds. The van der Waals surface area contributed by atoms with Gasteiger partial charge in [-0.15, -0.1) is 5.10 Å². The zero-order chi connectivity index (χ0) is 11.0. The lowest BCUT2D eigenvalue weighted by molar-refractivity contribution is 0.322. The van der Waals surface area contributed by atoms with E-state index in [1.807, 2.05) is 22.8 Å². The fourth-order valence-electron chi connectivity index (χ4n) is 2.13. The smallest absolute Gasteiger partial charge is 0.169 e. The number of hydrogen-bond acceptors (Lipinski definition) is 3. The summed E-state index contributed by atoms with van der Waals surface area (Å²) < 4.78 is 2.82. The standard InChI is InChI=1S/C11H13BrN4/c12-9-4-3-7-16-11(9)13-10(14-16)8-15-5-1-2-6-15/h3-4,7H,1-2,5-6,8H2. The van der Waals surface area contributed by atoms with Crippen LogP contribution in [0.4, 0.5) is 0 Å². The summed E-state index contributed by atoms with van der Waals surface area (Å²) in [7, 11) is 0. The van der Waals surface area contributed by atoms with Crippen LogP contribution in [0.25, 0.3) is 5.65 Å².